The molecule has 1 heterocycles. The van der Waals surface area contributed by atoms with Gasteiger partial charge in [-0.1, -0.05) is 18.2 Å². The van der Waals surface area contributed by atoms with Crippen molar-refractivity contribution in [2.24, 2.45) is 10.2 Å². The monoisotopic (exact) mass is 307 g/mol. The Morgan fingerprint density at radius 3 is 2.61 bits per heavy atom. The molecular formula is C17H13N3O3. The zero-order valence-electron chi connectivity index (χ0n) is 12.3. The Morgan fingerprint density at radius 2 is 1.91 bits per heavy atom. The van der Waals surface area contributed by atoms with E-state index < -0.39 is 4.92 Å². The van der Waals surface area contributed by atoms with E-state index in [-0.39, 0.29) is 5.69 Å². The molecule has 3 rings (SSSR count). The van der Waals surface area contributed by atoms with E-state index in [0.29, 0.717) is 11.5 Å². The summed E-state index contributed by atoms with van der Waals surface area (Å²) in [7, 11) is 0. The first kappa shape index (κ1) is 14.6. The number of hydrogen-bond donors (Lipinski definition) is 0. The number of furan rings is 1. The maximum absolute atomic E-state index is 10.6. The highest BCUT2D eigenvalue weighted by Gasteiger charge is 2.05. The summed E-state index contributed by atoms with van der Waals surface area (Å²) in [5.74, 6) is 0.659. The zero-order valence-corrected chi connectivity index (χ0v) is 12.3. The van der Waals surface area contributed by atoms with Gasteiger partial charge in [0.15, 0.2) is 5.76 Å². The molecule has 114 valence electrons. The van der Waals surface area contributed by atoms with Gasteiger partial charge < -0.3 is 4.42 Å². The second-order valence-corrected chi connectivity index (χ2v) is 4.93. The highest BCUT2D eigenvalue weighted by Crippen LogP contribution is 2.19. The van der Waals surface area contributed by atoms with E-state index in [1.165, 1.54) is 18.3 Å². The highest BCUT2D eigenvalue weighted by atomic mass is 16.6. The van der Waals surface area contributed by atoms with Gasteiger partial charge in [-0.3, -0.25) is 10.1 Å². The van der Waals surface area contributed by atoms with Crippen molar-refractivity contribution < 1.29 is 9.34 Å². The van der Waals surface area contributed by atoms with E-state index in [9.17, 15) is 10.1 Å². The number of para-hydroxylation sites is 1. The molecule has 0 radical (unpaired) electrons. The number of fused-ring (bicyclic) bond motifs is 1. The lowest BCUT2D eigenvalue weighted by Gasteiger charge is -1.93. The molecule has 0 saturated carbocycles. The van der Waals surface area contributed by atoms with Gasteiger partial charge in [0.2, 0.25) is 0 Å². The van der Waals surface area contributed by atoms with Crippen molar-refractivity contribution in [1.29, 1.82) is 0 Å². The van der Waals surface area contributed by atoms with Crippen LogP contribution in [0.3, 0.4) is 0 Å². The molecule has 2 aromatic carbocycles. The van der Waals surface area contributed by atoms with Crippen molar-refractivity contribution >= 4 is 28.6 Å². The van der Waals surface area contributed by atoms with Crippen LogP contribution in [0.2, 0.25) is 0 Å². The molecule has 0 saturated heterocycles. The van der Waals surface area contributed by atoms with Gasteiger partial charge in [0.05, 0.1) is 11.1 Å². The Labute approximate surface area is 131 Å². The lowest BCUT2D eigenvalue weighted by molar-refractivity contribution is -0.384. The Hall–Kier alpha value is -3.28. The largest absolute Gasteiger partial charge is 0.455 e. The second kappa shape index (κ2) is 6.23. The van der Waals surface area contributed by atoms with Gasteiger partial charge in [-0.15, -0.1) is 0 Å². The third-order valence-electron chi connectivity index (χ3n) is 3.30. The topological polar surface area (TPSA) is 81.0 Å². The summed E-state index contributed by atoms with van der Waals surface area (Å²) >= 11 is 0. The minimum absolute atomic E-state index is 0.0455. The fourth-order valence-electron chi connectivity index (χ4n) is 2.07. The average molecular weight is 307 g/mol. The van der Waals surface area contributed by atoms with Gasteiger partial charge in [-0.05, 0) is 36.8 Å². The Bertz CT molecular complexity index is 875. The zero-order chi connectivity index (χ0) is 16.2. The molecule has 0 unspecified atom stereocenters. The van der Waals surface area contributed by atoms with Gasteiger partial charge in [0, 0.05) is 17.5 Å². The molecule has 1 aromatic heterocycles. The number of benzene rings is 2. The first-order chi connectivity index (χ1) is 11.1. The minimum Gasteiger partial charge on any atom is -0.455 e. The molecule has 23 heavy (non-hydrogen) atoms. The first-order valence-corrected chi connectivity index (χ1v) is 6.94. The third kappa shape index (κ3) is 3.32. The van der Waals surface area contributed by atoms with E-state index in [4.69, 9.17) is 4.42 Å². The second-order valence-electron chi connectivity index (χ2n) is 4.93. The van der Waals surface area contributed by atoms with Crippen molar-refractivity contribution in [3.05, 3.63) is 76.0 Å². The Balaban J connectivity index is 1.76. The fraction of sp³-hybridized carbons (Fsp3) is 0.0588. The van der Waals surface area contributed by atoms with E-state index in [0.717, 1.165) is 16.5 Å². The Kier molecular flexibility index (Phi) is 3.97. The number of rotatable bonds is 4. The molecule has 0 aliphatic carbocycles. The van der Waals surface area contributed by atoms with Gasteiger partial charge in [-0.25, -0.2) is 0 Å². The summed E-state index contributed by atoms with van der Waals surface area (Å²) in [5.41, 5.74) is 2.23. The summed E-state index contributed by atoms with van der Waals surface area (Å²) in [6, 6.07) is 15.7. The first-order valence-electron chi connectivity index (χ1n) is 6.94. The van der Waals surface area contributed by atoms with Crippen molar-refractivity contribution in [3.63, 3.8) is 0 Å². The standard InChI is InChI=1S/C17H13N3O3/c1-12(17-10-14-4-2-3-5-16(14)23-17)19-18-11-13-6-8-15(9-7-13)20(21)22/h2-11H,1H3/b18-11+,19-12+. The predicted octanol–water partition coefficient (Wildman–Crippen LogP) is 4.18. The van der Waals surface area contributed by atoms with Crippen LogP contribution in [0.15, 0.2) is 69.2 Å². The lowest BCUT2D eigenvalue weighted by Crippen LogP contribution is -1.91. The van der Waals surface area contributed by atoms with Gasteiger partial charge in [0.1, 0.15) is 11.3 Å². The minimum atomic E-state index is -0.440. The summed E-state index contributed by atoms with van der Waals surface area (Å²) in [6.07, 6.45) is 1.54. The molecule has 3 aromatic rings. The predicted molar refractivity (Wildman–Crippen MR) is 89.1 cm³/mol. The van der Waals surface area contributed by atoms with Crippen LogP contribution in [0.5, 0.6) is 0 Å². The van der Waals surface area contributed by atoms with Crippen LogP contribution in [-0.4, -0.2) is 16.8 Å². The SMILES string of the molecule is C/C(=N\N=C\c1ccc([N+](=O)[O-])cc1)c1cc2ccccc2o1. The average Bonchev–Trinajstić information content (AvgIpc) is 2.99. The van der Waals surface area contributed by atoms with Gasteiger partial charge >= 0.3 is 0 Å². The van der Waals surface area contributed by atoms with E-state index >= 15 is 0 Å². The molecule has 6 heteroatoms. The highest BCUT2D eigenvalue weighted by molar-refractivity contribution is 6.00. The molecule has 0 aliphatic rings. The van der Waals surface area contributed by atoms with Crippen molar-refractivity contribution in [1.82, 2.24) is 0 Å². The Morgan fingerprint density at radius 1 is 1.17 bits per heavy atom. The molecule has 0 atom stereocenters. The maximum Gasteiger partial charge on any atom is 0.269 e. The van der Waals surface area contributed by atoms with E-state index in [1.54, 1.807) is 12.1 Å². The molecule has 6 nitrogen and oxygen atoms in total. The smallest absolute Gasteiger partial charge is 0.269 e. The quantitative estimate of drug-likeness (QED) is 0.412. The number of nitro benzene ring substituents is 1. The molecule has 0 aliphatic heterocycles. The number of hydrogen-bond acceptors (Lipinski definition) is 5. The number of nitrogens with zero attached hydrogens (tertiary/aromatic N) is 3. The van der Waals surface area contributed by atoms with Crippen molar-refractivity contribution in [2.75, 3.05) is 0 Å². The van der Waals surface area contributed by atoms with Crippen LogP contribution in [0.25, 0.3) is 11.0 Å². The summed E-state index contributed by atoms with van der Waals surface area (Å²) < 4.78 is 5.70. The number of nitro groups is 1. The van der Waals surface area contributed by atoms with Crippen molar-refractivity contribution in [2.45, 2.75) is 6.92 Å². The van der Waals surface area contributed by atoms with Crippen molar-refractivity contribution in [3.8, 4) is 0 Å². The molecule has 0 N–H and O–H groups in total. The van der Waals surface area contributed by atoms with Crippen LogP contribution in [0.4, 0.5) is 5.69 Å². The van der Waals surface area contributed by atoms with Gasteiger partial charge in [0.25, 0.3) is 5.69 Å². The molecular weight excluding hydrogens is 294 g/mol. The van der Waals surface area contributed by atoms with E-state index in [1.807, 2.05) is 37.3 Å². The van der Waals surface area contributed by atoms with Crippen LogP contribution >= 0.6 is 0 Å². The summed E-state index contributed by atoms with van der Waals surface area (Å²) in [4.78, 5) is 10.1. The van der Waals surface area contributed by atoms with Gasteiger partial charge in [-0.2, -0.15) is 10.2 Å². The third-order valence-corrected chi connectivity index (χ3v) is 3.30. The summed E-state index contributed by atoms with van der Waals surface area (Å²) in [6.45, 7) is 1.81. The lowest BCUT2D eigenvalue weighted by atomic mass is 10.2. The normalized spacial score (nSPS) is 12.1. The van der Waals surface area contributed by atoms with Crippen LogP contribution in [-0.2, 0) is 0 Å². The van der Waals surface area contributed by atoms with Crippen LogP contribution in [0, 0.1) is 10.1 Å². The van der Waals surface area contributed by atoms with Crippen LogP contribution < -0.4 is 0 Å². The van der Waals surface area contributed by atoms with Crippen LogP contribution in [0.1, 0.15) is 18.2 Å². The molecule has 0 fully saturated rings. The molecule has 0 amide bonds. The fourth-order valence-corrected chi connectivity index (χ4v) is 2.07. The number of non-ortho nitro benzene ring substituents is 1. The maximum atomic E-state index is 10.6. The molecule has 0 spiro atoms. The summed E-state index contributed by atoms with van der Waals surface area (Å²) in [5, 5.41) is 19.7. The molecule has 0 bridgehead atoms. The van der Waals surface area contributed by atoms with E-state index in [2.05, 4.69) is 10.2 Å².